The van der Waals surface area contributed by atoms with Gasteiger partial charge in [-0.3, -0.25) is 4.79 Å². The lowest BCUT2D eigenvalue weighted by Crippen LogP contribution is -2.28. The molecule has 1 aliphatic heterocycles. The van der Waals surface area contributed by atoms with Gasteiger partial charge < -0.3 is 4.74 Å². The van der Waals surface area contributed by atoms with E-state index < -0.39 is 5.60 Å². The fourth-order valence-corrected chi connectivity index (χ4v) is 2.54. The van der Waals surface area contributed by atoms with Crippen LogP contribution in [0.15, 0.2) is 30.3 Å². The van der Waals surface area contributed by atoms with E-state index in [9.17, 15) is 4.79 Å². The molecule has 0 N–H and O–H groups in total. The Morgan fingerprint density at radius 3 is 2.57 bits per heavy atom. The third-order valence-electron chi connectivity index (χ3n) is 2.62. The predicted molar refractivity (Wildman–Crippen MR) is 62.3 cm³/mol. The molecular weight excluding hydrogens is 291 g/mol. The molecule has 1 aliphatic rings. The van der Waals surface area contributed by atoms with E-state index in [2.05, 4.69) is 22.6 Å². The van der Waals surface area contributed by atoms with Gasteiger partial charge >= 0.3 is 5.97 Å². The minimum absolute atomic E-state index is 0.101. The molecule has 0 unspecified atom stereocenters. The first-order valence-electron chi connectivity index (χ1n) is 4.54. The minimum atomic E-state index is -0.446. The van der Waals surface area contributed by atoms with Crippen molar-refractivity contribution in [1.82, 2.24) is 0 Å². The quantitative estimate of drug-likeness (QED) is 0.453. The molecule has 1 saturated heterocycles. The average molecular weight is 302 g/mol. The van der Waals surface area contributed by atoms with Gasteiger partial charge in [0.1, 0.15) is 5.60 Å². The molecule has 0 spiro atoms. The Bertz CT molecular complexity index is 350. The first kappa shape index (κ1) is 9.96. The molecule has 2 nitrogen and oxygen atoms in total. The van der Waals surface area contributed by atoms with Crippen LogP contribution in [0.1, 0.15) is 18.9 Å². The summed E-state index contributed by atoms with van der Waals surface area (Å²) in [6, 6.07) is 9.91. The molecule has 0 amide bonds. The third-order valence-corrected chi connectivity index (χ3v) is 4.25. The van der Waals surface area contributed by atoms with Crippen LogP contribution in [-0.2, 0) is 15.1 Å². The minimum Gasteiger partial charge on any atom is -0.453 e. The van der Waals surface area contributed by atoms with Crippen LogP contribution in [-0.4, -0.2) is 9.89 Å². The molecule has 14 heavy (non-hydrogen) atoms. The number of cyclic esters (lactones) is 1. The normalized spacial score (nSPS) is 31.6. The van der Waals surface area contributed by atoms with Crippen molar-refractivity contribution in [2.45, 2.75) is 22.9 Å². The average Bonchev–Trinajstić information content (AvgIpc) is 2.43. The van der Waals surface area contributed by atoms with Crippen LogP contribution >= 0.6 is 22.6 Å². The van der Waals surface area contributed by atoms with Crippen LogP contribution < -0.4 is 0 Å². The second kappa shape index (κ2) is 3.53. The van der Waals surface area contributed by atoms with Gasteiger partial charge in [0.05, 0.1) is 10.3 Å². The number of esters is 1. The van der Waals surface area contributed by atoms with Crippen molar-refractivity contribution >= 4 is 28.6 Å². The second-order valence-corrected chi connectivity index (χ2v) is 5.12. The van der Waals surface area contributed by atoms with Gasteiger partial charge in [0, 0.05) is 0 Å². The van der Waals surface area contributed by atoms with E-state index in [1.165, 1.54) is 0 Å². The van der Waals surface area contributed by atoms with E-state index in [-0.39, 0.29) is 9.89 Å². The lowest BCUT2D eigenvalue weighted by atomic mass is 9.93. The summed E-state index contributed by atoms with van der Waals surface area (Å²) in [5.74, 6) is -0.101. The number of halogens is 1. The highest BCUT2D eigenvalue weighted by Crippen LogP contribution is 2.41. The molecule has 2 rings (SSSR count). The molecule has 1 fully saturated rings. The third kappa shape index (κ3) is 1.54. The van der Waals surface area contributed by atoms with Crippen LogP contribution in [0.25, 0.3) is 0 Å². The summed E-state index contributed by atoms with van der Waals surface area (Å²) >= 11 is 2.28. The Morgan fingerprint density at radius 2 is 2.07 bits per heavy atom. The Morgan fingerprint density at radius 1 is 1.43 bits per heavy atom. The summed E-state index contributed by atoms with van der Waals surface area (Å²) in [5, 5.41) is 0. The van der Waals surface area contributed by atoms with Crippen LogP contribution in [0.3, 0.4) is 0 Å². The first-order valence-corrected chi connectivity index (χ1v) is 5.79. The standard InChI is InChI=1S/C11H11IO2/c1-11(8-5-3-2-4-6-8)9(12)7-10(13)14-11/h2-6,9H,7H2,1H3/t9-,11-/m0/s1. The van der Waals surface area contributed by atoms with Crippen molar-refractivity contribution in [3.63, 3.8) is 0 Å². The Balaban J connectivity index is 2.38. The van der Waals surface area contributed by atoms with E-state index in [4.69, 9.17) is 4.74 Å². The molecule has 0 aliphatic carbocycles. The van der Waals surface area contributed by atoms with E-state index in [0.717, 1.165) is 5.56 Å². The summed E-state index contributed by atoms with van der Waals surface area (Å²) in [6.07, 6.45) is 0.506. The van der Waals surface area contributed by atoms with Crippen LogP contribution in [0, 0.1) is 0 Å². The van der Waals surface area contributed by atoms with Gasteiger partial charge in [-0.05, 0) is 12.5 Å². The number of ether oxygens (including phenoxy) is 1. The zero-order valence-corrected chi connectivity index (χ0v) is 10.0. The zero-order chi connectivity index (χ0) is 10.2. The Labute approximate surface area is 96.8 Å². The fraction of sp³-hybridized carbons (Fsp3) is 0.364. The van der Waals surface area contributed by atoms with E-state index in [0.29, 0.717) is 6.42 Å². The van der Waals surface area contributed by atoms with Crippen molar-refractivity contribution < 1.29 is 9.53 Å². The molecular formula is C11H11IO2. The second-order valence-electron chi connectivity index (χ2n) is 3.62. The van der Waals surface area contributed by atoms with Gasteiger partial charge in [0.15, 0.2) is 0 Å². The Kier molecular flexibility index (Phi) is 2.51. The van der Waals surface area contributed by atoms with E-state index >= 15 is 0 Å². The van der Waals surface area contributed by atoms with Crippen molar-refractivity contribution in [3.05, 3.63) is 35.9 Å². The monoisotopic (exact) mass is 302 g/mol. The number of rotatable bonds is 1. The molecule has 1 aromatic carbocycles. The van der Waals surface area contributed by atoms with Crippen molar-refractivity contribution in [2.75, 3.05) is 0 Å². The van der Waals surface area contributed by atoms with Crippen LogP contribution in [0.4, 0.5) is 0 Å². The maximum atomic E-state index is 11.2. The topological polar surface area (TPSA) is 26.3 Å². The van der Waals surface area contributed by atoms with Gasteiger partial charge in [-0.25, -0.2) is 0 Å². The number of hydrogen-bond acceptors (Lipinski definition) is 2. The molecule has 2 atom stereocenters. The van der Waals surface area contributed by atoms with Gasteiger partial charge in [-0.15, -0.1) is 0 Å². The van der Waals surface area contributed by atoms with E-state index in [1.54, 1.807) is 0 Å². The lowest BCUT2D eigenvalue weighted by Gasteiger charge is -2.26. The predicted octanol–water partition coefficient (Wildman–Crippen LogP) is 2.65. The highest BCUT2D eigenvalue weighted by Gasteiger charge is 2.45. The lowest BCUT2D eigenvalue weighted by molar-refractivity contribution is -0.147. The van der Waals surface area contributed by atoms with Gasteiger partial charge in [-0.1, -0.05) is 52.9 Å². The highest BCUT2D eigenvalue weighted by atomic mass is 127. The number of hydrogen-bond donors (Lipinski definition) is 0. The number of alkyl halides is 1. The van der Waals surface area contributed by atoms with Crippen molar-refractivity contribution in [3.8, 4) is 0 Å². The molecule has 0 bridgehead atoms. The van der Waals surface area contributed by atoms with Gasteiger partial charge in [0.25, 0.3) is 0 Å². The van der Waals surface area contributed by atoms with E-state index in [1.807, 2.05) is 37.3 Å². The molecule has 1 aromatic rings. The molecule has 74 valence electrons. The van der Waals surface area contributed by atoms with Gasteiger partial charge in [-0.2, -0.15) is 0 Å². The summed E-state index contributed by atoms with van der Waals surface area (Å²) in [6.45, 7) is 1.98. The summed E-state index contributed by atoms with van der Waals surface area (Å²) in [5.41, 5.74) is 0.629. The van der Waals surface area contributed by atoms with Crippen molar-refractivity contribution in [1.29, 1.82) is 0 Å². The Hall–Kier alpha value is -0.580. The SMILES string of the molecule is C[C@@]1(c2ccccc2)OC(=O)C[C@@H]1I. The van der Waals surface area contributed by atoms with Crippen molar-refractivity contribution in [2.24, 2.45) is 0 Å². The smallest absolute Gasteiger partial charge is 0.307 e. The number of benzene rings is 1. The molecule has 1 heterocycles. The summed E-state index contributed by atoms with van der Waals surface area (Å²) < 4.78 is 5.62. The van der Waals surface area contributed by atoms with Gasteiger partial charge in [0.2, 0.25) is 0 Å². The number of carbonyl (C=O) groups excluding carboxylic acids is 1. The molecule has 0 aromatic heterocycles. The number of carbonyl (C=O) groups is 1. The van der Waals surface area contributed by atoms with Crippen LogP contribution in [0.5, 0.6) is 0 Å². The zero-order valence-electron chi connectivity index (χ0n) is 7.87. The maximum Gasteiger partial charge on any atom is 0.307 e. The maximum absolute atomic E-state index is 11.2. The molecule has 0 saturated carbocycles. The molecule has 3 heteroatoms. The summed E-state index contributed by atoms with van der Waals surface area (Å²) in [4.78, 5) is 11.2. The fourth-order valence-electron chi connectivity index (χ4n) is 1.69. The van der Waals surface area contributed by atoms with Crippen LogP contribution in [0.2, 0.25) is 0 Å². The first-order chi connectivity index (χ1) is 6.63. The largest absolute Gasteiger partial charge is 0.453 e. The summed E-state index contributed by atoms with van der Waals surface area (Å²) in [7, 11) is 0. The molecule has 0 radical (unpaired) electrons. The highest BCUT2D eigenvalue weighted by molar-refractivity contribution is 14.1.